The van der Waals surface area contributed by atoms with Gasteiger partial charge in [0, 0.05) is 30.9 Å². The second-order valence-corrected chi connectivity index (χ2v) is 3.41. The summed E-state index contributed by atoms with van der Waals surface area (Å²) in [6.45, 7) is 9.42. The van der Waals surface area contributed by atoms with E-state index in [2.05, 4.69) is 30.2 Å². The van der Waals surface area contributed by atoms with Gasteiger partial charge in [0.25, 0.3) is 0 Å². The quantitative estimate of drug-likeness (QED) is 0.683. The molecular weight excluding hydrogens is 172 g/mol. The predicted molar refractivity (Wildman–Crippen MR) is 60.4 cm³/mol. The predicted octanol–water partition coefficient (Wildman–Crippen LogP) is 2.62. The maximum atomic E-state index is 4.39. The molecule has 1 aromatic heterocycles. The van der Waals surface area contributed by atoms with Crippen molar-refractivity contribution in [2.75, 3.05) is 6.54 Å². The van der Waals surface area contributed by atoms with Crippen LogP contribution >= 0.6 is 0 Å². The van der Waals surface area contributed by atoms with Crippen LogP contribution < -0.4 is 5.32 Å². The minimum absolute atomic E-state index is 0.474. The minimum Gasteiger partial charge on any atom is -0.310 e. The molecule has 0 bridgehead atoms. The van der Waals surface area contributed by atoms with Crippen molar-refractivity contribution in [3.63, 3.8) is 0 Å². The van der Waals surface area contributed by atoms with Crippen molar-refractivity contribution in [3.8, 4) is 0 Å². The van der Waals surface area contributed by atoms with Crippen LogP contribution in [0.4, 0.5) is 0 Å². The first kappa shape index (κ1) is 11.2. The number of fused-ring (bicyclic) bond motifs is 1. The number of aryl methyl sites for hydroxylation is 1. The van der Waals surface area contributed by atoms with Gasteiger partial charge in [-0.1, -0.05) is 13.8 Å². The molecular formula is C12H20N2. The van der Waals surface area contributed by atoms with E-state index >= 15 is 0 Å². The summed E-state index contributed by atoms with van der Waals surface area (Å²) in [4.78, 5) is 4.39. The van der Waals surface area contributed by atoms with Gasteiger partial charge >= 0.3 is 0 Å². The highest BCUT2D eigenvalue weighted by Crippen LogP contribution is 2.23. The molecule has 2 nitrogen and oxygen atoms in total. The van der Waals surface area contributed by atoms with Gasteiger partial charge in [-0.2, -0.15) is 0 Å². The lowest BCUT2D eigenvalue weighted by molar-refractivity contribution is 0.529. The van der Waals surface area contributed by atoms with Gasteiger partial charge in [0.15, 0.2) is 0 Å². The fraction of sp³-hybridized carbons (Fsp3) is 0.583. The molecule has 1 atom stereocenters. The highest BCUT2D eigenvalue weighted by Gasteiger charge is 2.17. The molecule has 0 saturated heterocycles. The summed E-state index contributed by atoms with van der Waals surface area (Å²) in [5.74, 6) is 0. The van der Waals surface area contributed by atoms with Crippen LogP contribution in [-0.2, 0) is 6.42 Å². The molecule has 1 aliphatic heterocycles. The summed E-state index contributed by atoms with van der Waals surface area (Å²) in [5, 5.41) is 3.44. The number of aromatic nitrogens is 1. The molecule has 2 heterocycles. The standard InChI is InChI=1S/C10H14N2.C2H6/c1-7-3-5-12-9-4-6-11-8(2)10(7)9;1-2/h3,5,8,11H,4,6H2,1-2H3;1-2H3. The van der Waals surface area contributed by atoms with Crippen LogP contribution in [0.15, 0.2) is 12.3 Å². The number of hydrogen-bond acceptors (Lipinski definition) is 2. The van der Waals surface area contributed by atoms with E-state index in [1.54, 1.807) is 0 Å². The van der Waals surface area contributed by atoms with Gasteiger partial charge in [-0.25, -0.2) is 0 Å². The normalized spacial score (nSPS) is 19.3. The van der Waals surface area contributed by atoms with E-state index in [0.29, 0.717) is 6.04 Å². The van der Waals surface area contributed by atoms with Crippen LogP contribution in [0.2, 0.25) is 0 Å². The van der Waals surface area contributed by atoms with Gasteiger partial charge in [0.1, 0.15) is 0 Å². The molecule has 1 N–H and O–H groups in total. The molecule has 0 aromatic carbocycles. The largest absolute Gasteiger partial charge is 0.310 e. The van der Waals surface area contributed by atoms with Crippen LogP contribution in [0.25, 0.3) is 0 Å². The fourth-order valence-corrected chi connectivity index (χ4v) is 1.93. The van der Waals surface area contributed by atoms with Gasteiger partial charge in [-0.15, -0.1) is 0 Å². The third-order valence-corrected chi connectivity index (χ3v) is 2.54. The van der Waals surface area contributed by atoms with E-state index < -0.39 is 0 Å². The summed E-state index contributed by atoms with van der Waals surface area (Å²) in [5.41, 5.74) is 4.05. The summed E-state index contributed by atoms with van der Waals surface area (Å²) in [7, 11) is 0. The van der Waals surface area contributed by atoms with Crippen LogP contribution in [0.1, 0.15) is 43.6 Å². The van der Waals surface area contributed by atoms with Crippen LogP contribution in [-0.4, -0.2) is 11.5 Å². The summed E-state index contributed by atoms with van der Waals surface area (Å²) in [6, 6.07) is 2.56. The molecule has 78 valence electrons. The Kier molecular flexibility index (Phi) is 4.08. The van der Waals surface area contributed by atoms with E-state index in [1.807, 2.05) is 20.0 Å². The zero-order chi connectivity index (χ0) is 10.6. The van der Waals surface area contributed by atoms with Crippen molar-refractivity contribution < 1.29 is 0 Å². The molecule has 1 aliphatic rings. The first-order chi connectivity index (χ1) is 6.79. The van der Waals surface area contributed by atoms with Gasteiger partial charge in [0.05, 0.1) is 0 Å². The van der Waals surface area contributed by atoms with Gasteiger partial charge < -0.3 is 5.32 Å². The Labute approximate surface area is 86.8 Å². The average Bonchev–Trinajstić information content (AvgIpc) is 2.21. The Morgan fingerprint density at radius 2 is 2.14 bits per heavy atom. The topological polar surface area (TPSA) is 24.9 Å². The molecule has 2 rings (SSSR count). The Morgan fingerprint density at radius 3 is 2.79 bits per heavy atom. The number of rotatable bonds is 0. The minimum atomic E-state index is 0.474. The molecule has 0 saturated carbocycles. The van der Waals surface area contributed by atoms with Crippen molar-refractivity contribution in [1.29, 1.82) is 0 Å². The molecule has 1 aromatic rings. The lowest BCUT2D eigenvalue weighted by Gasteiger charge is -2.24. The number of hydrogen-bond donors (Lipinski definition) is 1. The van der Waals surface area contributed by atoms with E-state index in [9.17, 15) is 0 Å². The van der Waals surface area contributed by atoms with Crippen LogP contribution in [0.3, 0.4) is 0 Å². The molecule has 0 radical (unpaired) electrons. The highest BCUT2D eigenvalue weighted by molar-refractivity contribution is 5.33. The Hall–Kier alpha value is -0.890. The number of pyridine rings is 1. The monoisotopic (exact) mass is 192 g/mol. The average molecular weight is 192 g/mol. The van der Waals surface area contributed by atoms with E-state index in [1.165, 1.54) is 16.8 Å². The second-order valence-electron chi connectivity index (χ2n) is 3.41. The third-order valence-electron chi connectivity index (χ3n) is 2.54. The lowest BCUT2D eigenvalue weighted by atomic mass is 9.96. The summed E-state index contributed by atoms with van der Waals surface area (Å²) in [6.07, 6.45) is 2.98. The maximum Gasteiger partial charge on any atom is 0.0466 e. The van der Waals surface area contributed by atoms with E-state index in [4.69, 9.17) is 0 Å². The molecule has 14 heavy (non-hydrogen) atoms. The van der Waals surface area contributed by atoms with Crippen molar-refractivity contribution in [2.24, 2.45) is 0 Å². The smallest absolute Gasteiger partial charge is 0.0466 e. The van der Waals surface area contributed by atoms with Crippen molar-refractivity contribution in [1.82, 2.24) is 10.3 Å². The first-order valence-electron chi connectivity index (χ1n) is 5.47. The van der Waals surface area contributed by atoms with Gasteiger partial charge in [0.2, 0.25) is 0 Å². The number of nitrogens with one attached hydrogen (secondary N) is 1. The SMILES string of the molecule is CC.Cc1ccnc2c1C(C)NCC2. The zero-order valence-corrected chi connectivity index (χ0v) is 9.59. The van der Waals surface area contributed by atoms with Crippen LogP contribution in [0.5, 0.6) is 0 Å². The molecule has 0 spiro atoms. The molecule has 0 aliphatic carbocycles. The maximum absolute atomic E-state index is 4.39. The zero-order valence-electron chi connectivity index (χ0n) is 9.59. The van der Waals surface area contributed by atoms with Crippen molar-refractivity contribution >= 4 is 0 Å². The number of nitrogens with zero attached hydrogens (tertiary/aromatic N) is 1. The van der Waals surface area contributed by atoms with Crippen molar-refractivity contribution in [3.05, 3.63) is 29.1 Å². The Morgan fingerprint density at radius 1 is 1.43 bits per heavy atom. The Bertz CT molecular complexity index is 294. The van der Waals surface area contributed by atoms with Crippen molar-refractivity contribution in [2.45, 2.75) is 40.2 Å². The van der Waals surface area contributed by atoms with Crippen LogP contribution in [0, 0.1) is 6.92 Å². The summed E-state index contributed by atoms with van der Waals surface area (Å²) >= 11 is 0. The van der Waals surface area contributed by atoms with Gasteiger partial charge in [-0.3, -0.25) is 4.98 Å². The second kappa shape index (κ2) is 5.11. The highest BCUT2D eigenvalue weighted by atomic mass is 14.9. The molecule has 2 heteroatoms. The Balaban J connectivity index is 0.000000461. The molecule has 0 fully saturated rings. The first-order valence-corrected chi connectivity index (χ1v) is 5.47. The van der Waals surface area contributed by atoms with E-state index in [-0.39, 0.29) is 0 Å². The molecule has 0 amide bonds. The molecule has 1 unspecified atom stereocenters. The van der Waals surface area contributed by atoms with E-state index in [0.717, 1.165) is 13.0 Å². The lowest BCUT2D eigenvalue weighted by Crippen LogP contribution is -2.29. The van der Waals surface area contributed by atoms with Gasteiger partial charge in [-0.05, 0) is 31.0 Å². The summed E-state index contributed by atoms with van der Waals surface area (Å²) < 4.78 is 0. The third kappa shape index (κ3) is 2.13. The fourth-order valence-electron chi connectivity index (χ4n) is 1.93.